The predicted molar refractivity (Wildman–Crippen MR) is 61.2 cm³/mol. The van der Waals surface area contributed by atoms with Gasteiger partial charge in [-0.3, -0.25) is 0 Å². The van der Waals surface area contributed by atoms with Crippen LogP contribution in [0.2, 0.25) is 0 Å². The van der Waals surface area contributed by atoms with E-state index < -0.39 is 24.6 Å². The van der Waals surface area contributed by atoms with Crippen molar-refractivity contribution in [2.24, 2.45) is 0 Å². The molecule has 20 heavy (non-hydrogen) atoms. The van der Waals surface area contributed by atoms with E-state index in [1.165, 1.54) is 0 Å². The van der Waals surface area contributed by atoms with Gasteiger partial charge in [0.2, 0.25) is 0 Å². The Bertz CT molecular complexity index is 440. The number of aryl methyl sites for hydroxylation is 2. The average molecular weight is 300 g/mol. The maximum absolute atomic E-state index is 12.7. The molecule has 0 radical (unpaired) electrons. The largest absolute Gasteiger partial charge is 0.426 e. The molecule has 0 aromatic heterocycles. The molecule has 0 heterocycles. The van der Waals surface area contributed by atoms with Crippen LogP contribution in [0.1, 0.15) is 23.6 Å². The van der Waals surface area contributed by atoms with Crippen LogP contribution in [-0.4, -0.2) is 18.0 Å². The van der Waals surface area contributed by atoms with Gasteiger partial charge in [-0.2, -0.15) is 26.3 Å². The van der Waals surface area contributed by atoms with Crippen molar-refractivity contribution in [1.82, 2.24) is 0 Å². The van der Waals surface area contributed by atoms with E-state index in [4.69, 9.17) is 0 Å². The summed E-state index contributed by atoms with van der Waals surface area (Å²) >= 11 is 0. The fourth-order valence-corrected chi connectivity index (χ4v) is 1.62. The second-order valence-corrected chi connectivity index (χ2v) is 4.69. The van der Waals surface area contributed by atoms with Crippen LogP contribution in [0.3, 0.4) is 0 Å². The van der Waals surface area contributed by atoms with Crippen LogP contribution < -0.4 is 0 Å². The molecule has 7 heteroatoms. The van der Waals surface area contributed by atoms with Crippen molar-refractivity contribution in [3.8, 4) is 0 Å². The first-order valence-corrected chi connectivity index (χ1v) is 5.72. The normalized spacial score (nSPS) is 13.7. The highest BCUT2D eigenvalue weighted by Crippen LogP contribution is 2.46. The monoisotopic (exact) mass is 300 g/mol. The van der Waals surface area contributed by atoms with E-state index in [-0.39, 0.29) is 6.92 Å². The maximum Gasteiger partial charge on any atom is 0.426 e. The number of halogens is 6. The van der Waals surface area contributed by atoms with Crippen LogP contribution >= 0.6 is 0 Å². The fraction of sp³-hybridized carbons (Fsp3) is 0.538. The maximum atomic E-state index is 12.7. The Morgan fingerprint density at radius 2 is 1.30 bits per heavy atom. The zero-order valence-corrected chi connectivity index (χ0v) is 11.1. The second-order valence-electron chi connectivity index (χ2n) is 4.69. The Hall–Kier alpha value is -1.24. The zero-order chi connectivity index (χ0) is 15.8. The molecule has 114 valence electrons. The topological polar surface area (TPSA) is 9.23 Å². The Morgan fingerprint density at radius 3 is 1.65 bits per heavy atom. The van der Waals surface area contributed by atoms with Crippen molar-refractivity contribution in [2.45, 2.75) is 45.3 Å². The molecule has 0 aliphatic carbocycles. The molecule has 0 aliphatic rings. The van der Waals surface area contributed by atoms with Crippen LogP contribution in [0.4, 0.5) is 26.3 Å². The molecule has 0 fully saturated rings. The summed E-state index contributed by atoms with van der Waals surface area (Å²) in [7, 11) is 0. The van der Waals surface area contributed by atoms with Crippen LogP contribution in [0.5, 0.6) is 0 Å². The quantitative estimate of drug-likeness (QED) is 0.735. The third kappa shape index (κ3) is 3.08. The van der Waals surface area contributed by atoms with Crippen LogP contribution in [-0.2, 0) is 11.3 Å². The van der Waals surface area contributed by atoms with Crippen molar-refractivity contribution in [3.63, 3.8) is 0 Å². The molecule has 1 aromatic rings. The van der Waals surface area contributed by atoms with Crippen molar-refractivity contribution >= 4 is 0 Å². The molecule has 0 N–H and O–H groups in total. The average Bonchev–Trinajstić information content (AvgIpc) is 2.24. The lowest BCUT2D eigenvalue weighted by Gasteiger charge is -2.34. The van der Waals surface area contributed by atoms with E-state index in [0.717, 1.165) is 0 Å². The lowest BCUT2D eigenvalue weighted by molar-refractivity contribution is -0.377. The number of hydrogen-bond donors (Lipinski definition) is 0. The molecule has 0 aliphatic heterocycles. The highest BCUT2D eigenvalue weighted by molar-refractivity contribution is 5.32. The molecule has 0 atom stereocenters. The van der Waals surface area contributed by atoms with E-state index in [9.17, 15) is 26.3 Å². The molecule has 0 bridgehead atoms. The predicted octanol–water partition coefficient (Wildman–Crippen LogP) is 4.70. The summed E-state index contributed by atoms with van der Waals surface area (Å²) in [6, 6.07) is 4.87. The fourth-order valence-electron chi connectivity index (χ4n) is 1.62. The van der Waals surface area contributed by atoms with Gasteiger partial charge >= 0.3 is 12.4 Å². The van der Waals surface area contributed by atoms with Gasteiger partial charge < -0.3 is 4.74 Å². The summed E-state index contributed by atoms with van der Waals surface area (Å²) in [5.41, 5.74) is -2.70. The summed E-state index contributed by atoms with van der Waals surface area (Å²) in [5.74, 6) is 0. The zero-order valence-electron chi connectivity index (χ0n) is 11.1. The van der Waals surface area contributed by atoms with Crippen LogP contribution in [0.15, 0.2) is 18.2 Å². The number of ether oxygens (including phenoxy) is 1. The summed E-state index contributed by atoms with van der Waals surface area (Å²) in [6.07, 6.45) is -11.1. The van der Waals surface area contributed by atoms with Crippen molar-refractivity contribution in [2.75, 3.05) is 0 Å². The minimum atomic E-state index is -5.54. The van der Waals surface area contributed by atoms with Gasteiger partial charge in [0.1, 0.15) is 0 Å². The number of hydrogen-bond acceptors (Lipinski definition) is 1. The smallest absolute Gasteiger partial charge is 0.353 e. The Kier molecular flexibility index (Phi) is 4.43. The van der Waals surface area contributed by atoms with E-state index >= 15 is 0 Å². The molecular weight excluding hydrogens is 286 g/mol. The first-order valence-electron chi connectivity index (χ1n) is 5.72. The first kappa shape index (κ1) is 16.8. The van der Waals surface area contributed by atoms with E-state index in [0.29, 0.717) is 16.7 Å². The van der Waals surface area contributed by atoms with Crippen molar-refractivity contribution < 1.29 is 31.1 Å². The van der Waals surface area contributed by atoms with Gasteiger partial charge in [0.05, 0.1) is 6.61 Å². The SMILES string of the molecule is Cc1cccc(C)c1COC(C)(C(F)(F)F)C(F)(F)F. The second kappa shape index (κ2) is 5.27. The summed E-state index contributed by atoms with van der Waals surface area (Å²) in [6.45, 7) is 2.45. The number of benzene rings is 1. The summed E-state index contributed by atoms with van der Waals surface area (Å²) in [4.78, 5) is 0. The minimum Gasteiger partial charge on any atom is -0.353 e. The molecule has 0 spiro atoms. The van der Waals surface area contributed by atoms with Crippen LogP contribution in [0, 0.1) is 13.8 Å². The van der Waals surface area contributed by atoms with Gasteiger partial charge in [-0.15, -0.1) is 0 Å². The summed E-state index contributed by atoms with van der Waals surface area (Å²) in [5, 5.41) is 0. The first-order chi connectivity index (χ1) is 8.90. The van der Waals surface area contributed by atoms with Gasteiger partial charge in [0, 0.05) is 0 Å². The molecule has 1 nitrogen and oxygen atoms in total. The highest BCUT2D eigenvalue weighted by Gasteiger charge is 2.69. The molecular formula is C13H14F6O. The van der Waals surface area contributed by atoms with Gasteiger partial charge in [-0.25, -0.2) is 0 Å². The highest BCUT2D eigenvalue weighted by atomic mass is 19.4. The number of alkyl halides is 6. The Labute approximate surface area is 112 Å². The molecule has 1 aromatic carbocycles. The van der Waals surface area contributed by atoms with Gasteiger partial charge in [-0.1, -0.05) is 18.2 Å². The third-order valence-corrected chi connectivity index (χ3v) is 3.23. The molecule has 0 saturated carbocycles. The molecule has 0 amide bonds. The Morgan fingerprint density at radius 1 is 0.900 bits per heavy atom. The lowest BCUT2D eigenvalue weighted by atomic mass is 10.0. The third-order valence-electron chi connectivity index (χ3n) is 3.23. The van der Waals surface area contributed by atoms with Gasteiger partial charge in [0.25, 0.3) is 5.60 Å². The lowest BCUT2D eigenvalue weighted by Crippen LogP contribution is -2.56. The van der Waals surface area contributed by atoms with E-state index in [2.05, 4.69) is 4.74 Å². The van der Waals surface area contributed by atoms with E-state index in [1.54, 1.807) is 32.0 Å². The minimum absolute atomic E-state index is 0.000602. The summed E-state index contributed by atoms with van der Waals surface area (Å²) < 4.78 is 80.2. The van der Waals surface area contributed by atoms with Gasteiger partial charge in [0.15, 0.2) is 0 Å². The number of rotatable bonds is 3. The van der Waals surface area contributed by atoms with Crippen LogP contribution in [0.25, 0.3) is 0 Å². The molecule has 0 saturated heterocycles. The standard InChI is InChI=1S/C13H14F6O/c1-8-5-4-6-9(2)10(8)7-20-11(3,12(14,15)16)13(17,18)19/h4-6H,7H2,1-3H3. The molecule has 1 rings (SSSR count). The van der Waals surface area contributed by atoms with Crippen molar-refractivity contribution in [3.05, 3.63) is 34.9 Å². The van der Waals surface area contributed by atoms with E-state index in [1.807, 2.05) is 0 Å². The van der Waals surface area contributed by atoms with Crippen molar-refractivity contribution in [1.29, 1.82) is 0 Å². The van der Waals surface area contributed by atoms with Gasteiger partial charge in [-0.05, 0) is 37.5 Å². The Balaban J connectivity index is 3.06. The molecule has 0 unspecified atom stereocenters.